The second kappa shape index (κ2) is 12.5. The van der Waals surface area contributed by atoms with E-state index in [2.05, 4.69) is 58.3 Å². The number of hydrogen-bond acceptors (Lipinski definition) is 6. The van der Waals surface area contributed by atoms with Crippen molar-refractivity contribution in [1.82, 2.24) is 29.7 Å². The molecule has 4 aromatic heterocycles. The van der Waals surface area contributed by atoms with Gasteiger partial charge in [0.15, 0.2) is 0 Å². The lowest BCUT2D eigenvalue weighted by Gasteiger charge is -2.27. The SMILES string of the molecule is Cc1cccc(CN(CCN(Cc2cccc(C)n2)Cc2cccc(C)n2)Cc2cccc(C)n2)n1. The van der Waals surface area contributed by atoms with Crippen molar-refractivity contribution in [3.8, 4) is 0 Å². The maximum Gasteiger partial charge on any atom is 0.0547 e. The summed E-state index contributed by atoms with van der Waals surface area (Å²) in [5.41, 5.74) is 8.48. The maximum atomic E-state index is 4.76. The molecule has 6 heteroatoms. The van der Waals surface area contributed by atoms with Gasteiger partial charge < -0.3 is 0 Å². The zero-order chi connectivity index (χ0) is 25.3. The summed E-state index contributed by atoms with van der Waals surface area (Å²) in [7, 11) is 0. The molecule has 0 unspecified atom stereocenters. The van der Waals surface area contributed by atoms with Crippen molar-refractivity contribution in [3.05, 3.63) is 118 Å². The minimum absolute atomic E-state index is 0.774. The lowest BCUT2D eigenvalue weighted by molar-refractivity contribution is 0.177. The molecule has 36 heavy (non-hydrogen) atoms. The molecule has 0 fully saturated rings. The largest absolute Gasteiger partial charge is 0.290 e. The Hall–Kier alpha value is -3.48. The van der Waals surface area contributed by atoms with Crippen LogP contribution in [0.5, 0.6) is 0 Å². The average Bonchev–Trinajstić information content (AvgIpc) is 2.82. The van der Waals surface area contributed by atoms with Crippen LogP contribution in [0.4, 0.5) is 0 Å². The Bertz CT molecular complexity index is 1080. The lowest BCUT2D eigenvalue weighted by atomic mass is 10.2. The highest BCUT2D eigenvalue weighted by molar-refractivity contribution is 5.14. The molecular formula is C30H36N6. The van der Waals surface area contributed by atoms with Crippen molar-refractivity contribution >= 4 is 0 Å². The van der Waals surface area contributed by atoms with Crippen LogP contribution < -0.4 is 0 Å². The van der Waals surface area contributed by atoms with Gasteiger partial charge in [-0.05, 0) is 76.2 Å². The van der Waals surface area contributed by atoms with Crippen molar-refractivity contribution in [2.75, 3.05) is 13.1 Å². The van der Waals surface area contributed by atoms with E-state index in [1.54, 1.807) is 0 Å². The normalized spacial score (nSPS) is 11.4. The van der Waals surface area contributed by atoms with Gasteiger partial charge in [-0.1, -0.05) is 24.3 Å². The Labute approximate surface area is 215 Å². The third kappa shape index (κ3) is 8.04. The zero-order valence-corrected chi connectivity index (χ0v) is 21.9. The molecule has 0 saturated carbocycles. The number of rotatable bonds is 11. The summed E-state index contributed by atoms with van der Waals surface area (Å²) in [5, 5.41) is 0. The zero-order valence-electron chi connectivity index (χ0n) is 21.9. The Balaban J connectivity index is 1.53. The first-order chi connectivity index (χ1) is 17.4. The van der Waals surface area contributed by atoms with Gasteiger partial charge in [-0.25, -0.2) is 0 Å². The first kappa shape index (κ1) is 25.6. The number of aryl methyl sites for hydroxylation is 4. The average molecular weight is 481 g/mol. The summed E-state index contributed by atoms with van der Waals surface area (Å²) in [4.78, 5) is 23.9. The predicted octanol–water partition coefficient (Wildman–Crippen LogP) is 5.20. The number of pyridine rings is 4. The molecule has 0 radical (unpaired) electrons. The molecular weight excluding hydrogens is 444 g/mol. The summed E-state index contributed by atoms with van der Waals surface area (Å²) in [5.74, 6) is 0. The molecule has 4 heterocycles. The second-order valence-electron chi connectivity index (χ2n) is 9.50. The topological polar surface area (TPSA) is 58.0 Å². The van der Waals surface area contributed by atoms with E-state index in [9.17, 15) is 0 Å². The van der Waals surface area contributed by atoms with E-state index in [0.29, 0.717) is 0 Å². The Morgan fingerprint density at radius 1 is 0.417 bits per heavy atom. The quantitative estimate of drug-likeness (QED) is 0.294. The van der Waals surface area contributed by atoms with Crippen molar-refractivity contribution in [2.24, 2.45) is 0 Å². The first-order valence-corrected chi connectivity index (χ1v) is 12.6. The van der Waals surface area contributed by atoms with Gasteiger partial charge in [0, 0.05) is 62.0 Å². The van der Waals surface area contributed by atoms with Gasteiger partial charge in [0.05, 0.1) is 22.8 Å². The molecule has 0 amide bonds. The standard InChI is InChI=1S/C30H36N6/c1-23-9-5-13-27(31-23)19-35(20-28-14-6-10-24(2)32-28)17-18-36(21-29-15-7-11-25(3)33-29)22-30-16-8-12-26(4)34-30/h5-16H,17-22H2,1-4H3. The molecule has 0 aliphatic rings. The van der Waals surface area contributed by atoms with Gasteiger partial charge in [-0.2, -0.15) is 0 Å². The van der Waals surface area contributed by atoms with Gasteiger partial charge in [0.1, 0.15) is 0 Å². The van der Waals surface area contributed by atoms with Crippen LogP contribution in [0.25, 0.3) is 0 Å². The summed E-state index contributed by atoms with van der Waals surface area (Å²) < 4.78 is 0. The van der Waals surface area contributed by atoms with Gasteiger partial charge in [0.2, 0.25) is 0 Å². The van der Waals surface area contributed by atoms with Gasteiger partial charge in [0.25, 0.3) is 0 Å². The van der Waals surface area contributed by atoms with Crippen LogP contribution in [-0.2, 0) is 26.2 Å². The Morgan fingerprint density at radius 3 is 0.889 bits per heavy atom. The molecule has 4 aromatic rings. The van der Waals surface area contributed by atoms with Gasteiger partial charge in [-0.3, -0.25) is 29.7 Å². The third-order valence-corrected chi connectivity index (χ3v) is 6.06. The van der Waals surface area contributed by atoms with E-state index in [1.165, 1.54) is 0 Å². The van der Waals surface area contributed by atoms with E-state index in [0.717, 1.165) is 84.8 Å². The fraction of sp³-hybridized carbons (Fsp3) is 0.333. The second-order valence-corrected chi connectivity index (χ2v) is 9.50. The Morgan fingerprint density at radius 2 is 0.667 bits per heavy atom. The van der Waals surface area contributed by atoms with Crippen LogP contribution in [0, 0.1) is 27.7 Å². The van der Waals surface area contributed by atoms with Crippen LogP contribution in [0.3, 0.4) is 0 Å². The Kier molecular flexibility index (Phi) is 8.87. The minimum atomic E-state index is 0.774. The molecule has 4 rings (SSSR count). The highest BCUT2D eigenvalue weighted by Crippen LogP contribution is 2.12. The van der Waals surface area contributed by atoms with Crippen LogP contribution in [0.15, 0.2) is 72.8 Å². The molecule has 0 bridgehead atoms. The van der Waals surface area contributed by atoms with Gasteiger partial charge in [-0.15, -0.1) is 0 Å². The molecule has 0 saturated heterocycles. The smallest absolute Gasteiger partial charge is 0.0547 e. The first-order valence-electron chi connectivity index (χ1n) is 12.6. The minimum Gasteiger partial charge on any atom is -0.290 e. The predicted molar refractivity (Wildman–Crippen MR) is 144 cm³/mol. The molecule has 6 nitrogen and oxygen atoms in total. The maximum absolute atomic E-state index is 4.76. The summed E-state index contributed by atoms with van der Waals surface area (Å²) >= 11 is 0. The van der Waals surface area contributed by atoms with Gasteiger partial charge >= 0.3 is 0 Å². The fourth-order valence-corrected chi connectivity index (χ4v) is 4.38. The number of nitrogens with zero attached hydrogens (tertiary/aromatic N) is 6. The molecule has 0 aromatic carbocycles. The van der Waals surface area contributed by atoms with E-state index >= 15 is 0 Å². The summed E-state index contributed by atoms with van der Waals surface area (Å²) in [6, 6.07) is 24.9. The van der Waals surface area contributed by atoms with Crippen molar-refractivity contribution < 1.29 is 0 Å². The lowest BCUT2D eigenvalue weighted by Crippen LogP contribution is -2.35. The van der Waals surface area contributed by atoms with Crippen LogP contribution >= 0.6 is 0 Å². The number of aromatic nitrogens is 4. The highest BCUT2D eigenvalue weighted by Gasteiger charge is 2.15. The highest BCUT2D eigenvalue weighted by atomic mass is 15.2. The molecule has 0 spiro atoms. The molecule has 0 N–H and O–H groups in total. The van der Waals surface area contributed by atoms with Crippen molar-refractivity contribution in [2.45, 2.75) is 53.9 Å². The van der Waals surface area contributed by atoms with Crippen molar-refractivity contribution in [1.29, 1.82) is 0 Å². The monoisotopic (exact) mass is 480 g/mol. The summed E-state index contributed by atoms with van der Waals surface area (Å²) in [6.07, 6.45) is 0. The van der Waals surface area contributed by atoms with E-state index in [1.807, 2.05) is 52.0 Å². The molecule has 0 aliphatic carbocycles. The van der Waals surface area contributed by atoms with Crippen molar-refractivity contribution in [3.63, 3.8) is 0 Å². The molecule has 0 aliphatic heterocycles. The van der Waals surface area contributed by atoms with Crippen LogP contribution in [0.2, 0.25) is 0 Å². The van der Waals surface area contributed by atoms with Crippen LogP contribution in [-0.4, -0.2) is 42.8 Å². The van der Waals surface area contributed by atoms with E-state index in [4.69, 9.17) is 19.9 Å². The number of hydrogen-bond donors (Lipinski definition) is 0. The fourth-order valence-electron chi connectivity index (χ4n) is 4.38. The molecule has 186 valence electrons. The van der Waals surface area contributed by atoms with E-state index in [-0.39, 0.29) is 0 Å². The van der Waals surface area contributed by atoms with E-state index < -0.39 is 0 Å². The molecule has 0 atom stereocenters. The summed E-state index contributed by atoms with van der Waals surface area (Å²) in [6.45, 7) is 13.0. The van der Waals surface area contributed by atoms with Crippen LogP contribution in [0.1, 0.15) is 45.6 Å². The third-order valence-electron chi connectivity index (χ3n) is 6.06.